The third kappa shape index (κ3) is 2.91. The third-order valence-electron chi connectivity index (χ3n) is 3.36. The van der Waals surface area contributed by atoms with Crippen molar-refractivity contribution in [3.8, 4) is 5.75 Å². The van der Waals surface area contributed by atoms with Crippen LogP contribution in [-0.4, -0.2) is 12.5 Å². The molecule has 2 aromatic rings. The Morgan fingerprint density at radius 2 is 1.90 bits per heavy atom. The first-order valence-corrected chi connectivity index (χ1v) is 6.70. The van der Waals surface area contributed by atoms with Crippen LogP contribution in [0.15, 0.2) is 36.4 Å². The van der Waals surface area contributed by atoms with Crippen molar-refractivity contribution >= 4 is 16.7 Å². The third-order valence-corrected chi connectivity index (χ3v) is 3.36. The monoisotopic (exact) mass is 272 g/mol. The number of nitrogens with two attached hydrogens (primary N) is 2. The smallest absolute Gasteiger partial charge is 0.223 e. The molecule has 0 aliphatic carbocycles. The van der Waals surface area contributed by atoms with Crippen LogP contribution in [0.25, 0.3) is 10.8 Å². The van der Waals surface area contributed by atoms with Crippen LogP contribution in [0.1, 0.15) is 25.5 Å². The van der Waals surface area contributed by atoms with E-state index in [1.807, 2.05) is 43.3 Å². The van der Waals surface area contributed by atoms with Gasteiger partial charge < -0.3 is 16.2 Å². The van der Waals surface area contributed by atoms with Gasteiger partial charge in [-0.1, -0.05) is 43.3 Å². The largest absolute Gasteiger partial charge is 0.492 e. The molecule has 0 aliphatic rings. The highest BCUT2D eigenvalue weighted by atomic mass is 16.5. The van der Waals surface area contributed by atoms with Crippen LogP contribution in [0.2, 0.25) is 0 Å². The van der Waals surface area contributed by atoms with Crippen LogP contribution in [0.4, 0.5) is 0 Å². The van der Waals surface area contributed by atoms with E-state index in [9.17, 15) is 4.79 Å². The van der Waals surface area contributed by atoms with E-state index in [1.165, 1.54) is 0 Å². The predicted molar refractivity (Wildman–Crippen MR) is 80.4 cm³/mol. The highest BCUT2D eigenvalue weighted by Gasteiger charge is 2.15. The van der Waals surface area contributed by atoms with Crippen LogP contribution in [0.3, 0.4) is 0 Å². The second-order valence-corrected chi connectivity index (χ2v) is 5.11. The topological polar surface area (TPSA) is 78.3 Å². The van der Waals surface area contributed by atoms with Gasteiger partial charge in [0.25, 0.3) is 0 Å². The normalized spacial score (nSPS) is 13.9. The van der Waals surface area contributed by atoms with E-state index in [0.717, 1.165) is 22.1 Å². The summed E-state index contributed by atoms with van der Waals surface area (Å²) in [5.74, 6) is 0.0358. The van der Waals surface area contributed by atoms with Gasteiger partial charge in [0, 0.05) is 17.0 Å². The summed E-state index contributed by atoms with van der Waals surface area (Å²) in [6.07, 6.45) is 0. The van der Waals surface area contributed by atoms with Crippen LogP contribution in [0, 0.1) is 5.92 Å². The number of hydrogen-bond acceptors (Lipinski definition) is 3. The zero-order valence-electron chi connectivity index (χ0n) is 11.8. The number of primary amides is 1. The van der Waals surface area contributed by atoms with Crippen LogP contribution in [0.5, 0.6) is 5.75 Å². The number of carbonyl (C=O) groups is 1. The minimum absolute atomic E-state index is 0.140. The molecule has 4 heteroatoms. The maximum atomic E-state index is 11.1. The molecule has 2 rings (SSSR count). The van der Waals surface area contributed by atoms with Gasteiger partial charge in [0.15, 0.2) is 0 Å². The lowest BCUT2D eigenvalue weighted by atomic mass is 10.0. The van der Waals surface area contributed by atoms with Gasteiger partial charge in [-0.2, -0.15) is 0 Å². The summed E-state index contributed by atoms with van der Waals surface area (Å²) < 4.78 is 5.85. The first kappa shape index (κ1) is 14.3. The molecule has 0 aromatic heterocycles. The van der Waals surface area contributed by atoms with Crippen LogP contribution >= 0.6 is 0 Å². The quantitative estimate of drug-likeness (QED) is 0.877. The molecule has 0 radical (unpaired) electrons. The van der Waals surface area contributed by atoms with E-state index in [4.69, 9.17) is 16.2 Å². The number of ether oxygens (including phenoxy) is 1. The molecule has 1 amide bonds. The molecule has 2 atom stereocenters. The Morgan fingerprint density at radius 1 is 1.20 bits per heavy atom. The van der Waals surface area contributed by atoms with Crippen molar-refractivity contribution in [1.29, 1.82) is 0 Å². The number of carbonyl (C=O) groups excluding carboxylic acids is 1. The molecule has 2 aromatic carbocycles. The molecule has 0 saturated heterocycles. The number of amides is 1. The SMILES string of the molecule is CC(COc1c([C@H](C)N)ccc2ccccc12)C(N)=O. The molecule has 1 unspecified atom stereocenters. The van der Waals surface area contributed by atoms with Gasteiger partial charge in [0.2, 0.25) is 5.91 Å². The molecule has 0 fully saturated rings. The fourth-order valence-electron chi connectivity index (χ4n) is 2.07. The summed E-state index contributed by atoms with van der Waals surface area (Å²) in [7, 11) is 0. The number of benzene rings is 2. The molecule has 0 saturated carbocycles. The lowest BCUT2D eigenvalue weighted by Crippen LogP contribution is -2.26. The minimum Gasteiger partial charge on any atom is -0.492 e. The average Bonchev–Trinajstić information content (AvgIpc) is 2.43. The van der Waals surface area contributed by atoms with Gasteiger partial charge in [-0.05, 0) is 12.3 Å². The number of hydrogen-bond donors (Lipinski definition) is 2. The molecule has 0 heterocycles. The maximum absolute atomic E-state index is 11.1. The molecule has 0 spiro atoms. The van der Waals surface area contributed by atoms with Crippen molar-refractivity contribution in [3.63, 3.8) is 0 Å². The van der Waals surface area contributed by atoms with Crippen molar-refractivity contribution in [2.45, 2.75) is 19.9 Å². The Kier molecular flexibility index (Phi) is 4.25. The molecular formula is C16H20N2O2. The highest BCUT2D eigenvalue weighted by molar-refractivity contribution is 5.89. The summed E-state index contributed by atoms with van der Waals surface area (Å²) in [4.78, 5) is 11.1. The highest BCUT2D eigenvalue weighted by Crippen LogP contribution is 2.33. The Bertz CT molecular complexity index is 623. The summed E-state index contributed by atoms with van der Waals surface area (Å²) >= 11 is 0. The Morgan fingerprint density at radius 3 is 2.55 bits per heavy atom. The standard InChI is InChI=1S/C16H20N2O2/c1-10(16(18)19)9-20-15-13(11(2)17)8-7-12-5-3-4-6-14(12)15/h3-8,10-11H,9,17H2,1-2H3,(H2,18,19)/t10?,11-/m0/s1. The first-order chi connectivity index (χ1) is 9.50. The van der Waals surface area contributed by atoms with E-state index in [1.54, 1.807) is 6.92 Å². The van der Waals surface area contributed by atoms with Crippen LogP contribution in [-0.2, 0) is 4.79 Å². The lowest BCUT2D eigenvalue weighted by Gasteiger charge is -2.18. The van der Waals surface area contributed by atoms with Crippen molar-refractivity contribution in [2.75, 3.05) is 6.61 Å². The molecule has 0 aliphatic heterocycles. The Hall–Kier alpha value is -2.07. The van der Waals surface area contributed by atoms with Gasteiger partial charge in [0.1, 0.15) is 5.75 Å². The van der Waals surface area contributed by atoms with Crippen molar-refractivity contribution < 1.29 is 9.53 Å². The van der Waals surface area contributed by atoms with Crippen molar-refractivity contribution in [1.82, 2.24) is 0 Å². The maximum Gasteiger partial charge on any atom is 0.223 e. The summed E-state index contributed by atoms with van der Waals surface area (Å²) in [5.41, 5.74) is 12.2. The second-order valence-electron chi connectivity index (χ2n) is 5.11. The lowest BCUT2D eigenvalue weighted by molar-refractivity contribution is -0.122. The Labute approximate surface area is 118 Å². The second kappa shape index (κ2) is 5.92. The molecule has 20 heavy (non-hydrogen) atoms. The van der Waals surface area contributed by atoms with Crippen molar-refractivity contribution in [2.24, 2.45) is 17.4 Å². The van der Waals surface area contributed by atoms with E-state index in [2.05, 4.69) is 0 Å². The van der Waals surface area contributed by atoms with E-state index < -0.39 is 0 Å². The zero-order valence-corrected chi connectivity index (χ0v) is 11.8. The van der Waals surface area contributed by atoms with E-state index in [0.29, 0.717) is 0 Å². The predicted octanol–water partition coefficient (Wildman–Crippen LogP) is 2.36. The molecule has 106 valence electrons. The van der Waals surface area contributed by atoms with Gasteiger partial charge in [0.05, 0.1) is 12.5 Å². The van der Waals surface area contributed by atoms with Gasteiger partial charge in [-0.25, -0.2) is 0 Å². The van der Waals surface area contributed by atoms with Gasteiger partial charge in [-0.15, -0.1) is 0 Å². The fraction of sp³-hybridized carbons (Fsp3) is 0.312. The molecule has 4 nitrogen and oxygen atoms in total. The molecule has 4 N–H and O–H groups in total. The molecule has 0 bridgehead atoms. The summed E-state index contributed by atoms with van der Waals surface area (Å²) in [5, 5.41) is 2.08. The van der Waals surface area contributed by atoms with Gasteiger partial charge in [-0.3, -0.25) is 4.79 Å². The first-order valence-electron chi connectivity index (χ1n) is 6.70. The van der Waals surface area contributed by atoms with Crippen molar-refractivity contribution in [3.05, 3.63) is 42.0 Å². The average molecular weight is 272 g/mol. The summed E-state index contributed by atoms with van der Waals surface area (Å²) in [6.45, 7) is 3.91. The number of fused-ring (bicyclic) bond motifs is 1. The summed E-state index contributed by atoms with van der Waals surface area (Å²) in [6, 6.07) is 11.8. The van der Waals surface area contributed by atoms with E-state index in [-0.39, 0.29) is 24.5 Å². The van der Waals surface area contributed by atoms with Crippen LogP contribution < -0.4 is 16.2 Å². The zero-order chi connectivity index (χ0) is 14.7. The van der Waals surface area contributed by atoms with E-state index >= 15 is 0 Å². The fourth-order valence-corrected chi connectivity index (χ4v) is 2.07. The minimum atomic E-state index is -0.368. The van der Waals surface area contributed by atoms with Gasteiger partial charge >= 0.3 is 0 Å². The molecular weight excluding hydrogens is 252 g/mol. The number of rotatable bonds is 5. The Balaban J connectivity index is 2.42.